The van der Waals surface area contributed by atoms with Crippen LogP contribution in [0.15, 0.2) is 29.2 Å². The first-order chi connectivity index (χ1) is 14.7. The summed E-state index contributed by atoms with van der Waals surface area (Å²) in [5, 5.41) is 9.72. The van der Waals surface area contributed by atoms with Crippen LogP contribution in [0.25, 0.3) is 5.57 Å². The largest absolute Gasteiger partial charge is 0.487 e. The van der Waals surface area contributed by atoms with Crippen LogP contribution in [0.3, 0.4) is 0 Å². The zero-order valence-corrected chi connectivity index (χ0v) is 19.7. The number of likely N-dealkylation sites (N-methyl/N-ethyl adjacent to an activating group) is 1. The van der Waals surface area contributed by atoms with Crippen molar-refractivity contribution < 1.29 is 23.1 Å². The monoisotopic (exact) mass is 450 g/mol. The Balaban J connectivity index is 2.07. The molecule has 0 bridgehead atoms. The van der Waals surface area contributed by atoms with E-state index in [-0.39, 0.29) is 36.0 Å². The Morgan fingerprint density at radius 3 is 2.74 bits per heavy atom. The first kappa shape index (κ1) is 23.8. The zero-order chi connectivity index (χ0) is 22.8. The van der Waals surface area contributed by atoms with Gasteiger partial charge in [0.1, 0.15) is 16.7 Å². The summed E-state index contributed by atoms with van der Waals surface area (Å²) in [6.07, 6.45) is 5.29. The van der Waals surface area contributed by atoms with Gasteiger partial charge in [-0.1, -0.05) is 26.0 Å². The molecule has 0 spiro atoms. The number of ether oxygens (including phenoxy) is 1. The molecule has 1 aromatic carbocycles. The minimum Gasteiger partial charge on any atom is -0.487 e. The van der Waals surface area contributed by atoms with Crippen LogP contribution < -0.4 is 4.74 Å². The van der Waals surface area contributed by atoms with E-state index in [0.717, 1.165) is 24.8 Å². The van der Waals surface area contributed by atoms with Gasteiger partial charge in [0, 0.05) is 32.0 Å². The van der Waals surface area contributed by atoms with E-state index in [1.807, 2.05) is 26.0 Å². The molecule has 3 rings (SSSR count). The van der Waals surface area contributed by atoms with E-state index >= 15 is 0 Å². The lowest BCUT2D eigenvalue weighted by molar-refractivity contribution is -0.131. The second kappa shape index (κ2) is 9.71. The highest BCUT2D eigenvalue weighted by atomic mass is 32.2. The van der Waals surface area contributed by atoms with Gasteiger partial charge in [0.2, 0.25) is 15.9 Å². The van der Waals surface area contributed by atoms with Crippen LogP contribution in [-0.4, -0.2) is 67.5 Å². The summed E-state index contributed by atoms with van der Waals surface area (Å²) < 4.78 is 34.7. The third-order valence-corrected chi connectivity index (χ3v) is 8.28. The number of hydrogen-bond acceptors (Lipinski definition) is 5. The van der Waals surface area contributed by atoms with Crippen LogP contribution >= 0.6 is 0 Å². The van der Waals surface area contributed by atoms with Crippen molar-refractivity contribution in [2.75, 3.05) is 26.7 Å². The third kappa shape index (κ3) is 4.96. The number of allylic oxidation sites excluding steroid dienone is 2. The van der Waals surface area contributed by atoms with E-state index in [2.05, 4.69) is 6.08 Å². The van der Waals surface area contributed by atoms with Gasteiger partial charge in [0.25, 0.3) is 0 Å². The molecule has 0 unspecified atom stereocenters. The van der Waals surface area contributed by atoms with E-state index in [1.54, 1.807) is 24.9 Å². The summed E-state index contributed by atoms with van der Waals surface area (Å²) in [6, 6.07) is 4.71. The van der Waals surface area contributed by atoms with Gasteiger partial charge in [-0.15, -0.1) is 0 Å². The molecule has 0 saturated heterocycles. The van der Waals surface area contributed by atoms with Crippen molar-refractivity contribution in [2.45, 2.75) is 63.5 Å². The zero-order valence-electron chi connectivity index (χ0n) is 18.9. The minimum atomic E-state index is -3.85. The molecule has 1 aliphatic carbocycles. The minimum absolute atomic E-state index is 0.0103. The third-order valence-electron chi connectivity index (χ3n) is 6.26. The standard InChI is InChI=1S/C23H34N2O5S/c1-5-23(27)24(4)14-21-16(2)13-25(17(3)15-26)31(28,29)22-11-10-19(12-20(22)30-21)18-8-6-7-9-18/h8,10-12,16-17,21,26H,5-7,9,13-15H2,1-4H3/t16-,17+,21+/m0/s1. The molecule has 8 heteroatoms. The molecule has 172 valence electrons. The number of aliphatic hydroxyl groups is 1. The van der Waals surface area contributed by atoms with Crippen molar-refractivity contribution in [3.8, 4) is 5.75 Å². The molecule has 0 aromatic heterocycles. The van der Waals surface area contributed by atoms with Crippen molar-refractivity contribution in [2.24, 2.45) is 5.92 Å². The maximum atomic E-state index is 13.5. The molecule has 31 heavy (non-hydrogen) atoms. The number of hydrogen-bond donors (Lipinski definition) is 1. The Morgan fingerprint density at radius 1 is 1.39 bits per heavy atom. The van der Waals surface area contributed by atoms with Crippen LogP contribution in [-0.2, 0) is 14.8 Å². The predicted molar refractivity (Wildman–Crippen MR) is 120 cm³/mol. The normalized spacial score (nSPS) is 24.4. The second-order valence-electron chi connectivity index (χ2n) is 8.65. The summed E-state index contributed by atoms with van der Waals surface area (Å²) in [7, 11) is -2.11. The number of rotatable bonds is 6. The van der Waals surface area contributed by atoms with Gasteiger partial charge >= 0.3 is 0 Å². The fourth-order valence-electron chi connectivity index (χ4n) is 4.22. The molecular weight excluding hydrogens is 416 g/mol. The van der Waals surface area contributed by atoms with E-state index in [9.17, 15) is 18.3 Å². The molecule has 1 amide bonds. The van der Waals surface area contributed by atoms with Gasteiger partial charge in [0.05, 0.1) is 13.2 Å². The number of amides is 1. The highest BCUT2D eigenvalue weighted by molar-refractivity contribution is 7.89. The molecule has 0 radical (unpaired) electrons. The summed E-state index contributed by atoms with van der Waals surface area (Å²) in [5.41, 5.74) is 2.17. The highest BCUT2D eigenvalue weighted by Crippen LogP contribution is 2.37. The summed E-state index contributed by atoms with van der Waals surface area (Å²) in [5.74, 6) is 0.142. The molecular formula is C23H34N2O5S. The Labute approximate surface area is 185 Å². The highest BCUT2D eigenvalue weighted by Gasteiger charge is 2.38. The van der Waals surface area contributed by atoms with Crippen molar-refractivity contribution in [3.05, 3.63) is 29.8 Å². The molecule has 0 saturated carbocycles. The summed E-state index contributed by atoms with van der Waals surface area (Å²) in [4.78, 5) is 13.9. The average Bonchev–Trinajstić information content (AvgIpc) is 3.29. The number of carbonyl (C=O) groups excluding carboxylic acids is 1. The predicted octanol–water partition coefficient (Wildman–Crippen LogP) is 2.89. The molecule has 2 aliphatic rings. The fourth-order valence-corrected chi connectivity index (χ4v) is 6.04. The fraction of sp³-hybridized carbons (Fsp3) is 0.609. The molecule has 7 nitrogen and oxygen atoms in total. The van der Waals surface area contributed by atoms with Gasteiger partial charge in [0.15, 0.2) is 0 Å². The Hall–Kier alpha value is -1.90. The van der Waals surface area contributed by atoms with E-state index in [1.165, 1.54) is 9.88 Å². The van der Waals surface area contributed by atoms with E-state index in [4.69, 9.17) is 4.74 Å². The van der Waals surface area contributed by atoms with Gasteiger partial charge in [-0.25, -0.2) is 8.42 Å². The Bertz CT molecular complexity index is 943. The number of sulfonamides is 1. The van der Waals surface area contributed by atoms with Gasteiger partial charge in [-0.3, -0.25) is 4.79 Å². The lowest BCUT2D eigenvalue weighted by atomic mass is 10.0. The maximum Gasteiger partial charge on any atom is 0.247 e. The van der Waals surface area contributed by atoms with Crippen LogP contribution in [0, 0.1) is 5.92 Å². The maximum absolute atomic E-state index is 13.5. The van der Waals surface area contributed by atoms with Gasteiger partial charge in [-0.2, -0.15) is 4.31 Å². The first-order valence-electron chi connectivity index (χ1n) is 11.1. The topological polar surface area (TPSA) is 87.2 Å². The van der Waals surface area contributed by atoms with E-state index in [0.29, 0.717) is 18.7 Å². The van der Waals surface area contributed by atoms with Crippen molar-refractivity contribution >= 4 is 21.5 Å². The number of aliphatic hydroxyl groups excluding tert-OH is 1. The first-order valence-corrected chi connectivity index (χ1v) is 12.5. The molecule has 1 N–H and O–H groups in total. The molecule has 1 heterocycles. The van der Waals surface area contributed by atoms with Crippen molar-refractivity contribution in [1.29, 1.82) is 0 Å². The Morgan fingerprint density at radius 2 is 2.13 bits per heavy atom. The quantitative estimate of drug-likeness (QED) is 0.720. The SMILES string of the molecule is CCC(=O)N(C)C[C@H]1Oc2cc(C3=CCCC3)ccc2S(=O)(=O)N([C@H](C)CO)C[C@@H]1C. The van der Waals surface area contributed by atoms with Crippen LogP contribution in [0.1, 0.15) is 52.0 Å². The lowest BCUT2D eigenvalue weighted by Crippen LogP contribution is -2.50. The van der Waals surface area contributed by atoms with Gasteiger partial charge in [-0.05, 0) is 49.5 Å². The number of fused-ring (bicyclic) bond motifs is 1. The van der Waals surface area contributed by atoms with E-state index < -0.39 is 16.1 Å². The molecule has 1 aliphatic heterocycles. The Kier molecular flexibility index (Phi) is 7.44. The van der Waals surface area contributed by atoms with Crippen LogP contribution in [0.2, 0.25) is 0 Å². The molecule has 3 atom stereocenters. The van der Waals surface area contributed by atoms with Gasteiger partial charge < -0.3 is 14.7 Å². The number of benzene rings is 1. The van der Waals surface area contributed by atoms with Crippen LogP contribution in [0.5, 0.6) is 5.75 Å². The molecule has 0 fully saturated rings. The molecule has 1 aromatic rings. The summed E-state index contributed by atoms with van der Waals surface area (Å²) >= 11 is 0. The number of carbonyl (C=O) groups is 1. The van der Waals surface area contributed by atoms with Crippen molar-refractivity contribution in [3.63, 3.8) is 0 Å². The van der Waals surface area contributed by atoms with Crippen molar-refractivity contribution in [1.82, 2.24) is 9.21 Å². The smallest absolute Gasteiger partial charge is 0.247 e. The average molecular weight is 451 g/mol. The van der Waals surface area contributed by atoms with Crippen LogP contribution in [0.4, 0.5) is 0 Å². The second-order valence-corrected chi connectivity index (χ2v) is 10.5. The summed E-state index contributed by atoms with van der Waals surface area (Å²) in [6.45, 7) is 5.74. The number of nitrogens with zero attached hydrogens (tertiary/aromatic N) is 2. The lowest BCUT2D eigenvalue weighted by Gasteiger charge is -2.37.